The van der Waals surface area contributed by atoms with E-state index in [9.17, 15) is 14.4 Å². The Bertz CT molecular complexity index is 844. The molecule has 0 aliphatic carbocycles. The van der Waals surface area contributed by atoms with Gasteiger partial charge in [-0.05, 0) is 36.4 Å². The summed E-state index contributed by atoms with van der Waals surface area (Å²) in [7, 11) is 0. The number of pyridine rings is 1. The Kier molecular flexibility index (Phi) is 3.60. The monoisotopic (exact) mass is 308 g/mol. The molecule has 0 saturated carbocycles. The fourth-order valence-electron chi connectivity index (χ4n) is 2.14. The van der Waals surface area contributed by atoms with Gasteiger partial charge in [-0.1, -0.05) is 0 Å². The molecule has 1 aliphatic heterocycles. The van der Waals surface area contributed by atoms with Gasteiger partial charge in [0.05, 0.1) is 0 Å². The first-order chi connectivity index (χ1) is 11.0. The maximum absolute atomic E-state index is 12.4. The van der Waals surface area contributed by atoms with Crippen molar-refractivity contribution >= 4 is 29.5 Å². The highest BCUT2D eigenvalue weighted by Gasteiger charge is 2.23. The van der Waals surface area contributed by atoms with E-state index < -0.39 is 11.9 Å². The van der Waals surface area contributed by atoms with Crippen LogP contribution in [0.25, 0.3) is 6.08 Å². The molecule has 7 heteroatoms. The number of carbonyl (C=O) groups is 3. The second-order valence-electron chi connectivity index (χ2n) is 4.88. The number of nitrogens with one attached hydrogen (secondary N) is 2. The number of hydrogen-bond acceptors (Lipinski definition) is 5. The van der Waals surface area contributed by atoms with Crippen LogP contribution in [0.15, 0.2) is 48.4 Å². The number of nitrogens with zero attached hydrogens (tertiary/aromatic N) is 1. The first-order valence-electron chi connectivity index (χ1n) is 6.73. The molecule has 0 radical (unpaired) electrons. The Morgan fingerprint density at radius 1 is 1.13 bits per heavy atom. The number of urea groups is 1. The molecular weight excluding hydrogens is 296 g/mol. The zero-order valence-electron chi connectivity index (χ0n) is 11.9. The lowest BCUT2D eigenvalue weighted by Crippen LogP contribution is -2.22. The Balaban J connectivity index is 1.97. The summed E-state index contributed by atoms with van der Waals surface area (Å²) < 4.78 is 0. The van der Waals surface area contributed by atoms with Crippen molar-refractivity contribution in [1.82, 2.24) is 15.6 Å². The van der Waals surface area contributed by atoms with Crippen LogP contribution in [-0.4, -0.2) is 22.7 Å². The standard InChI is InChI=1S/C16H12N4O3/c17-12-4-3-9(14(21)10-2-1-5-18-8-10)6-11(12)7-13-15(22)20-16(23)19-13/h1-8H,17H2,(H2,19,20,22,23)/b13-7+. The molecule has 0 bridgehead atoms. The molecule has 23 heavy (non-hydrogen) atoms. The average Bonchev–Trinajstić information content (AvgIpc) is 2.87. The Morgan fingerprint density at radius 3 is 2.61 bits per heavy atom. The highest BCUT2D eigenvalue weighted by Crippen LogP contribution is 2.20. The topological polar surface area (TPSA) is 114 Å². The minimum absolute atomic E-state index is 0.0766. The number of anilines is 1. The minimum atomic E-state index is -0.595. The first-order valence-corrected chi connectivity index (χ1v) is 6.73. The molecule has 0 spiro atoms. The highest BCUT2D eigenvalue weighted by molar-refractivity contribution is 6.14. The van der Waals surface area contributed by atoms with Crippen molar-refractivity contribution in [2.24, 2.45) is 0 Å². The van der Waals surface area contributed by atoms with Gasteiger partial charge >= 0.3 is 6.03 Å². The number of hydrogen-bond donors (Lipinski definition) is 3. The molecule has 4 N–H and O–H groups in total. The minimum Gasteiger partial charge on any atom is -0.398 e. The summed E-state index contributed by atoms with van der Waals surface area (Å²) in [5, 5.41) is 4.47. The first kappa shape index (κ1) is 14.5. The molecule has 0 atom stereocenters. The van der Waals surface area contributed by atoms with Crippen LogP contribution in [0.2, 0.25) is 0 Å². The third kappa shape index (κ3) is 2.93. The second-order valence-corrected chi connectivity index (χ2v) is 4.88. The molecule has 1 fully saturated rings. The van der Waals surface area contributed by atoms with E-state index >= 15 is 0 Å². The summed E-state index contributed by atoms with van der Waals surface area (Å²) >= 11 is 0. The summed E-state index contributed by atoms with van der Waals surface area (Å²) in [4.78, 5) is 39.0. The van der Waals surface area contributed by atoms with E-state index in [1.54, 1.807) is 36.5 Å². The number of amides is 3. The summed E-state index contributed by atoms with van der Waals surface area (Å²) in [5.41, 5.74) is 7.65. The maximum atomic E-state index is 12.4. The molecule has 1 aliphatic rings. The molecule has 1 saturated heterocycles. The van der Waals surface area contributed by atoms with Gasteiger partial charge < -0.3 is 11.1 Å². The van der Waals surface area contributed by atoms with Crippen LogP contribution < -0.4 is 16.4 Å². The van der Waals surface area contributed by atoms with Crippen LogP contribution in [0.1, 0.15) is 21.5 Å². The molecule has 114 valence electrons. The van der Waals surface area contributed by atoms with E-state index in [1.807, 2.05) is 0 Å². The molecule has 7 nitrogen and oxygen atoms in total. The third-order valence-electron chi connectivity index (χ3n) is 3.29. The van der Waals surface area contributed by atoms with Gasteiger partial charge in [-0.15, -0.1) is 0 Å². The summed E-state index contributed by atoms with van der Waals surface area (Å²) in [6, 6.07) is 7.47. The summed E-state index contributed by atoms with van der Waals surface area (Å²) in [6.45, 7) is 0. The smallest absolute Gasteiger partial charge is 0.326 e. The van der Waals surface area contributed by atoms with E-state index in [0.29, 0.717) is 22.4 Å². The van der Waals surface area contributed by atoms with Gasteiger partial charge in [0.25, 0.3) is 5.91 Å². The predicted molar refractivity (Wildman–Crippen MR) is 83.2 cm³/mol. The highest BCUT2D eigenvalue weighted by atomic mass is 16.2. The molecule has 2 aromatic rings. The fraction of sp³-hybridized carbons (Fsp3) is 0. The van der Waals surface area contributed by atoms with Gasteiger partial charge in [-0.25, -0.2) is 4.79 Å². The largest absolute Gasteiger partial charge is 0.398 e. The summed E-state index contributed by atoms with van der Waals surface area (Å²) in [5.74, 6) is -0.754. The Morgan fingerprint density at radius 2 is 1.96 bits per heavy atom. The maximum Gasteiger partial charge on any atom is 0.326 e. The fourth-order valence-corrected chi connectivity index (χ4v) is 2.14. The van der Waals surface area contributed by atoms with Crippen LogP contribution in [0.4, 0.5) is 10.5 Å². The van der Waals surface area contributed by atoms with Crippen molar-refractivity contribution in [3.05, 3.63) is 65.1 Å². The van der Waals surface area contributed by atoms with Gasteiger partial charge in [-0.2, -0.15) is 0 Å². The van der Waals surface area contributed by atoms with Crippen molar-refractivity contribution in [2.45, 2.75) is 0 Å². The molecule has 0 unspecified atom stereocenters. The lowest BCUT2D eigenvalue weighted by atomic mass is 10.0. The van der Waals surface area contributed by atoms with E-state index in [4.69, 9.17) is 5.73 Å². The van der Waals surface area contributed by atoms with Crippen molar-refractivity contribution < 1.29 is 14.4 Å². The van der Waals surface area contributed by atoms with Crippen LogP contribution >= 0.6 is 0 Å². The van der Waals surface area contributed by atoms with Gasteiger partial charge in [0.2, 0.25) is 0 Å². The Hall–Kier alpha value is -3.48. The van der Waals surface area contributed by atoms with Crippen molar-refractivity contribution in [2.75, 3.05) is 5.73 Å². The molecule has 3 rings (SSSR count). The lowest BCUT2D eigenvalue weighted by molar-refractivity contribution is -0.115. The number of rotatable bonds is 3. The summed E-state index contributed by atoms with van der Waals surface area (Å²) in [6.07, 6.45) is 4.48. The van der Waals surface area contributed by atoms with Crippen LogP contribution in [0.3, 0.4) is 0 Å². The number of ketones is 1. The normalized spacial score (nSPS) is 15.4. The van der Waals surface area contributed by atoms with E-state index in [-0.39, 0.29) is 11.5 Å². The van der Waals surface area contributed by atoms with Crippen LogP contribution in [0.5, 0.6) is 0 Å². The molecule has 1 aromatic carbocycles. The number of benzene rings is 1. The van der Waals surface area contributed by atoms with Gasteiger partial charge in [0.1, 0.15) is 5.70 Å². The van der Waals surface area contributed by atoms with Crippen LogP contribution in [-0.2, 0) is 4.79 Å². The van der Waals surface area contributed by atoms with E-state index in [0.717, 1.165) is 0 Å². The molecule has 3 amide bonds. The number of nitrogen functional groups attached to an aromatic ring is 1. The molecule has 1 aromatic heterocycles. The van der Waals surface area contributed by atoms with Gasteiger partial charge in [0.15, 0.2) is 5.78 Å². The quantitative estimate of drug-likeness (QED) is 0.340. The zero-order valence-corrected chi connectivity index (χ0v) is 11.9. The SMILES string of the molecule is Nc1ccc(C(=O)c2cccnc2)cc1/C=C1/NC(=O)NC1=O. The number of imide groups is 1. The van der Waals surface area contributed by atoms with E-state index in [2.05, 4.69) is 15.6 Å². The van der Waals surface area contributed by atoms with Crippen molar-refractivity contribution in [1.29, 1.82) is 0 Å². The third-order valence-corrected chi connectivity index (χ3v) is 3.29. The zero-order chi connectivity index (χ0) is 16.4. The van der Waals surface area contributed by atoms with Crippen LogP contribution in [0, 0.1) is 0 Å². The average molecular weight is 308 g/mol. The number of nitrogens with two attached hydrogens (primary N) is 1. The molecule has 2 heterocycles. The van der Waals surface area contributed by atoms with Crippen molar-refractivity contribution in [3.8, 4) is 0 Å². The van der Waals surface area contributed by atoms with Crippen molar-refractivity contribution in [3.63, 3.8) is 0 Å². The molecular formula is C16H12N4O3. The predicted octanol–water partition coefficient (Wildman–Crippen LogP) is 1.08. The number of carbonyl (C=O) groups excluding carboxylic acids is 3. The van der Waals surface area contributed by atoms with Gasteiger partial charge in [0, 0.05) is 34.8 Å². The van der Waals surface area contributed by atoms with Gasteiger partial charge in [-0.3, -0.25) is 19.9 Å². The Labute approximate surface area is 131 Å². The second kappa shape index (κ2) is 5.72. The lowest BCUT2D eigenvalue weighted by Gasteiger charge is -2.06. The van der Waals surface area contributed by atoms with E-state index in [1.165, 1.54) is 12.3 Å². The number of aromatic nitrogens is 1.